The Morgan fingerprint density at radius 1 is 1.00 bits per heavy atom. The minimum atomic E-state index is -0.756. The van der Waals surface area contributed by atoms with Gasteiger partial charge < -0.3 is 24.3 Å². The van der Waals surface area contributed by atoms with Crippen LogP contribution in [0, 0.1) is 0 Å². The van der Waals surface area contributed by atoms with Gasteiger partial charge in [-0.3, -0.25) is 9.59 Å². The fourth-order valence-corrected chi connectivity index (χ4v) is 2.75. The number of hydrogen-bond acceptors (Lipinski definition) is 7. The topological polar surface area (TPSA) is 100 Å². The first-order valence-electron chi connectivity index (χ1n) is 9.06. The van der Waals surface area contributed by atoms with Crippen molar-refractivity contribution in [2.45, 2.75) is 0 Å². The van der Waals surface area contributed by atoms with E-state index in [1.54, 1.807) is 30.3 Å². The Morgan fingerprint density at radius 2 is 1.72 bits per heavy atom. The van der Waals surface area contributed by atoms with E-state index in [9.17, 15) is 14.4 Å². The molecular formula is C21H21NO7. The molecular weight excluding hydrogens is 378 g/mol. The van der Waals surface area contributed by atoms with Crippen LogP contribution < -0.4 is 14.8 Å². The van der Waals surface area contributed by atoms with E-state index in [-0.39, 0.29) is 16.9 Å². The van der Waals surface area contributed by atoms with Gasteiger partial charge in [0.15, 0.2) is 23.9 Å². The summed E-state index contributed by atoms with van der Waals surface area (Å²) in [6.07, 6.45) is 0. The highest BCUT2D eigenvalue weighted by Crippen LogP contribution is 2.31. The molecule has 1 amide bonds. The molecule has 1 aliphatic heterocycles. The number of methoxy groups -OCH3 is 1. The van der Waals surface area contributed by atoms with Crippen LogP contribution in [0.4, 0.5) is 0 Å². The molecule has 2 aromatic carbocycles. The number of esters is 1. The van der Waals surface area contributed by atoms with E-state index in [4.69, 9.17) is 18.9 Å². The third-order valence-electron chi connectivity index (χ3n) is 4.16. The highest BCUT2D eigenvalue weighted by Gasteiger charge is 2.22. The van der Waals surface area contributed by atoms with Crippen LogP contribution in [0.3, 0.4) is 0 Å². The van der Waals surface area contributed by atoms with Crippen molar-refractivity contribution >= 4 is 17.7 Å². The summed E-state index contributed by atoms with van der Waals surface area (Å²) >= 11 is 0. The number of amides is 1. The molecule has 0 unspecified atom stereocenters. The third kappa shape index (κ3) is 5.11. The van der Waals surface area contributed by atoms with Crippen LogP contribution in [-0.2, 0) is 14.3 Å². The first-order chi connectivity index (χ1) is 14.1. The molecule has 0 aromatic heterocycles. The lowest BCUT2D eigenvalue weighted by molar-refractivity contribution is -0.124. The van der Waals surface area contributed by atoms with Gasteiger partial charge in [-0.05, 0) is 24.3 Å². The van der Waals surface area contributed by atoms with Crippen molar-refractivity contribution in [3.8, 4) is 11.5 Å². The SMILES string of the molecule is COCCNC(=O)COC(=O)c1ccccc1C(=O)c1ccc2c(c1)OCCO2. The number of carbonyl (C=O) groups is 3. The predicted octanol–water partition coefficient (Wildman–Crippen LogP) is 1.61. The monoisotopic (exact) mass is 399 g/mol. The molecule has 0 aliphatic carbocycles. The van der Waals surface area contributed by atoms with E-state index >= 15 is 0 Å². The maximum Gasteiger partial charge on any atom is 0.339 e. The molecule has 152 valence electrons. The maximum atomic E-state index is 13.0. The summed E-state index contributed by atoms with van der Waals surface area (Å²) in [7, 11) is 1.52. The van der Waals surface area contributed by atoms with Crippen LogP contribution in [0.15, 0.2) is 42.5 Å². The van der Waals surface area contributed by atoms with Gasteiger partial charge in [0.25, 0.3) is 5.91 Å². The van der Waals surface area contributed by atoms with Gasteiger partial charge in [-0.1, -0.05) is 18.2 Å². The molecule has 8 heteroatoms. The number of benzene rings is 2. The molecule has 0 fully saturated rings. The zero-order chi connectivity index (χ0) is 20.6. The lowest BCUT2D eigenvalue weighted by Gasteiger charge is -2.18. The zero-order valence-electron chi connectivity index (χ0n) is 15.9. The standard InChI is InChI=1S/C21H21NO7/c1-26-9-8-22-19(23)13-29-21(25)16-5-3-2-4-15(16)20(24)14-6-7-17-18(12-14)28-11-10-27-17/h2-7,12H,8-11,13H2,1H3,(H,22,23). The van der Waals surface area contributed by atoms with Crippen LogP contribution in [0.1, 0.15) is 26.3 Å². The lowest BCUT2D eigenvalue weighted by atomic mass is 9.98. The molecule has 1 N–H and O–H groups in total. The van der Waals surface area contributed by atoms with Gasteiger partial charge in [-0.25, -0.2) is 4.79 Å². The van der Waals surface area contributed by atoms with E-state index < -0.39 is 18.5 Å². The fourth-order valence-electron chi connectivity index (χ4n) is 2.75. The summed E-state index contributed by atoms with van der Waals surface area (Å²) in [5.41, 5.74) is 0.609. The van der Waals surface area contributed by atoms with Crippen molar-refractivity contribution in [3.05, 3.63) is 59.2 Å². The Kier molecular flexibility index (Phi) is 6.80. The Balaban J connectivity index is 1.72. The number of nitrogens with one attached hydrogen (secondary N) is 1. The largest absolute Gasteiger partial charge is 0.486 e. The van der Waals surface area contributed by atoms with Crippen LogP contribution >= 0.6 is 0 Å². The Bertz CT molecular complexity index is 910. The molecule has 2 aromatic rings. The molecule has 0 spiro atoms. The average Bonchev–Trinajstić information content (AvgIpc) is 2.76. The summed E-state index contributed by atoms with van der Waals surface area (Å²) in [6.45, 7) is 1.07. The van der Waals surface area contributed by atoms with Crippen molar-refractivity contribution in [2.75, 3.05) is 40.1 Å². The summed E-state index contributed by atoms with van der Waals surface area (Å²) in [5.74, 6) is -0.520. The highest BCUT2D eigenvalue weighted by molar-refractivity contribution is 6.14. The number of hydrogen-bond donors (Lipinski definition) is 1. The fraction of sp³-hybridized carbons (Fsp3) is 0.286. The molecule has 8 nitrogen and oxygen atoms in total. The third-order valence-corrected chi connectivity index (χ3v) is 4.16. The Morgan fingerprint density at radius 3 is 2.48 bits per heavy atom. The molecule has 29 heavy (non-hydrogen) atoms. The van der Waals surface area contributed by atoms with Crippen molar-refractivity contribution in [3.63, 3.8) is 0 Å². The van der Waals surface area contributed by atoms with Crippen LogP contribution in [0.25, 0.3) is 0 Å². The van der Waals surface area contributed by atoms with Crippen molar-refractivity contribution in [2.24, 2.45) is 0 Å². The average molecular weight is 399 g/mol. The summed E-state index contributed by atoms with van der Waals surface area (Å²) in [4.78, 5) is 37.1. The molecule has 3 rings (SSSR count). The first-order valence-corrected chi connectivity index (χ1v) is 9.06. The van der Waals surface area contributed by atoms with Crippen molar-refractivity contribution in [1.82, 2.24) is 5.32 Å². The highest BCUT2D eigenvalue weighted by atomic mass is 16.6. The van der Waals surface area contributed by atoms with Crippen LogP contribution in [0.5, 0.6) is 11.5 Å². The molecule has 0 radical (unpaired) electrons. The van der Waals surface area contributed by atoms with Gasteiger partial charge in [0.1, 0.15) is 13.2 Å². The van der Waals surface area contributed by atoms with Crippen molar-refractivity contribution < 1.29 is 33.3 Å². The summed E-state index contributed by atoms with van der Waals surface area (Å²) in [6, 6.07) is 11.1. The van der Waals surface area contributed by atoms with Gasteiger partial charge in [-0.2, -0.15) is 0 Å². The molecule has 0 saturated heterocycles. The molecule has 1 aliphatic rings. The summed E-state index contributed by atoms with van der Waals surface area (Å²) < 4.78 is 20.8. The minimum Gasteiger partial charge on any atom is -0.486 e. The second-order valence-corrected chi connectivity index (χ2v) is 6.15. The second-order valence-electron chi connectivity index (χ2n) is 6.15. The number of fused-ring (bicyclic) bond motifs is 1. The van der Waals surface area contributed by atoms with Gasteiger partial charge in [0.2, 0.25) is 0 Å². The van der Waals surface area contributed by atoms with E-state index in [0.29, 0.717) is 43.4 Å². The quantitative estimate of drug-likeness (QED) is 0.409. The smallest absolute Gasteiger partial charge is 0.339 e. The van der Waals surface area contributed by atoms with Crippen LogP contribution in [-0.4, -0.2) is 57.7 Å². The molecule has 1 heterocycles. The minimum absolute atomic E-state index is 0.0806. The number of ketones is 1. The van der Waals surface area contributed by atoms with Gasteiger partial charge in [0.05, 0.1) is 12.2 Å². The number of ether oxygens (including phenoxy) is 4. The molecule has 0 saturated carbocycles. The Labute approximate surface area is 167 Å². The Hall–Kier alpha value is -3.39. The zero-order valence-corrected chi connectivity index (χ0v) is 15.9. The second kappa shape index (κ2) is 9.70. The number of carbonyl (C=O) groups excluding carboxylic acids is 3. The normalized spacial score (nSPS) is 12.2. The first kappa shape index (κ1) is 20.3. The predicted molar refractivity (Wildman–Crippen MR) is 102 cm³/mol. The van der Waals surface area contributed by atoms with Crippen LogP contribution in [0.2, 0.25) is 0 Å². The summed E-state index contributed by atoms with van der Waals surface area (Å²) in [5, 5.41) is 2.55. The maximum absolute atomic E-state index is 13.0. The van der Waals surface area contributed by atoms with Crippen molar-refractivity contribution in [1.29, 1.82) is 0 Å². The number of rotatable bonds is 8. The van der Waals surface area contributed by atoms with Gasteiger partial charge >= 0.3 is 5.97 Å². The van der Waals surface area contributed by atoms with E-state index in [1.165, 1.54) is 19.2 Å². The molecule has 0 atom stereocenters. The van der Waals surface area contributed by atoms with Gasteiger partial charge in [0, 0.05) is 24.8 Å². The van der Waals surface area contributed by atoms with E-state index in [1.807, 2.05) is 0 Å². The van der Waals surface area contributed by atoms with E-state index in [0.717, 1.165) is 0 Å². The van der Waals surface area contributed by atoms with E-state index in [2.05, 4.69) is 5.32 Å². The van der Waals surface area contributed by atoms with Gasteiger partial charge in [-0.15, -0.1) is 0 Å². The lowest BCUT2D eigenvalue weighted by Crippen LogP contribution is -2.31. The molecule has 0 bridgehead atoms.